The van der Waals surface area contributed by atoms with E-state index in [1.165, 1.54) is 11.1 Å². The van der Waals surface area contributed by atoms with Crippen molar-refractivity contribution in [2.24, 2.45) is 5.41 Å². The third kappa shape index (κ3) is 2.72. The fraction of sp³-hybridized carbons (Fsp3) is 0.583. The summed E-state index contributed by atoms with van der Waals surface area (Å²) in [6.07, 6.45) is 6.32. The number of carboxylic acid groups (broad SMARTS) is 1. The van der Waals surface area contributed by atoms with Crippen molar-refractivity contribution >= 4 is 5.97 Å². The Morgan fingerprint density at radius 2 is 2.21 bits per heavy atom. The summed E-state index contributed by atoms with van der Waals surface area (Å²) in [5, 5.41) is 8.61. The number of hydrogen-bond donors (Lipinski definition) is 1. The summed E-state index contributed by atoms with van der Waals surface area (Å²) in [5.74, 6) is -0.750. The normalized spacial score (nSPS) is 23.4. The summed E-state index contributed by atoms with van der Waals surface area (Å²) in [7, 11) is 0. The van der Waals surface area contributed by atoms with Gasteiger partial charge in [0.1, 0.15) is 0 Å². The van der Waals surface area contributed by atoms with Crippen LogP contribution in [0.2, 0.25) is 0 Å². The highest BCUT2D eigenvalue weighted by molar-refractivity contribution is 5.68. The van der Waals surface area contributed by atoms with Crippen LogP contribution in [-0.4, -0.2) is 11.1 Å². The number of aliphatic carboxylic acids is 1. The molecule has 14 heavy (non-hydrogen) atoms. The first-order chi connectivity index (χ1) is 6.42. The van der Waals surface area contributed by atoms with Crippen molar-refractivity contribution in [2.45, 2.75) is 40.0 Å². The summed E-state index contributed by atoms with van der Waals surface area (Å²) in [5.41, 5.74) is 2.70. The Morgan fingerprint density at radius 3 is 2.71 bits per heavy atom. The van der Waals surface area contributed by atoms with Gasteiger partial charge in [0.2, 0.25) is 0 Å². The van der Waals surface area contributed by atoms with Crippen LogP contribution in [0.25, 0.3) is 0 Å². The predicted octanol–water partition coefficient (Wildman–Crippen LogP) is 3.15. The van der Waals surface area contributed by atoms with Gasteiger partial charge in [-0.1, -0.05) is 37.1 Å². The highest BCUT2D eigenvalue weighted by atomic mass is 16.4. The average molecular weight is 194 g/mol. The second kappa shape index (κ2) is 3.99. The zero-order valence-electron chi connectivity index (χ0n) is 9.13. The first kappa shape index (κ1) is 11.0. The Morgan fingerprint density at radius 1 is 1.57 bits per heavy atom. The molecule has 1 rings (SSSR count). The fourth-order valence-electron chi connectivity index (χ4n) is 2.01. The van der Waals surface area contributed by atoms with E-state index in [0.717, 1.165) is 12.8 Å². The van der Waals surface area contributed by atoms with Crippen LogP contribution in [-0.2, 0) is 4.79 Å². The Balaban J connectivity index is 2.81. The first-order valence-electron chi connectivity index (χ1n) is 5.01. The molecule has 0 fully saturated rings. The topological polar surface area (TPSA) is 37.3 Å². The fourth-order valence-corrected chi connectivity index (χ4v) is 2.01. The van der Waals surface area contributed by atoms with E-state index in [2.05, 4.69) is 26.8 Å². The summed E-state index contributed by atoms with van der Waals surface area (Å²) >= 11 is 0. The zero-order valence-corrected chi connectivity index (χ0v) is 9.13. The van der Waals surface area contributed by atoms with Gasteiger partial charge in [0.05, 0.1) is 6.42 Å². The highest BCUT2D eigenvalue weighted by Crippen LogP contribution is 2.38. The SMILES string of the molecule is CC1=CC(C)(C)/C(=C/CC(=O)O)CC1. The molecule has 0 unspecified atom stereocenters. The molecule has 1 aliphatic rings. The van der Waals surface area contributed by atoms with Crippen LogP contribution in [0.1, 0.15) is 40.0 Å². The van der Waals surface area contributed by atoms with Crippen LogP contribution in [0.5, 0.6) is 0 Å². The molecule has 0 saturated heterocycles. The van der Waals surface area contributed by atoms with Crippen molar-refractivity contribution < 1.29 is 9.90 Å². The van der Waals surface area contributed by atoms with E-state index in [1.54, 1.807) is 0 Å². The molecule has 0 bridgehead atoms. The molecule has 0 saturated carbocycles. The van der Waals surface area contributed by atoms with Crippen LogP contribution in [0.4, 0.5) is 0 Å². The number of rotatable bonds is 2. The van der Waals surface area contributed by atoms with Crippen molar-refractivity contribution in [2.75, 3.05) is 0 Å². The Labute approximate surface area is 85.3 Å². The molecule has 0 aromatic carbocycles. The van der Waals surface area contributed by atoms with Gasteiger partial charge in [0, 0.05) is 5.41 Å². The van der Waals surface area contributed by atoms with E-state index in [1.807, 2.05) is 6.08 Å². The van der Waals surface area contributed by atoms with E-state index in [9.17, 15) is 4.79 Å². The van der Waals surface area contributed by atoms with E-state index < -0.39 is 5.97 Å². The van der Waals surface area contributed by atoms with Crippen molar-refractivity contribution in [1.29, 1.82) is 0 Å². The molecule has 2 nitrogen and oxygen atoms in total. The first-order valence-corrected chi connectivity index (χ1v) is 5.01. The molecule has 1 N–H and O–H groups in total. The lowest BCUT2D eigenvalue weighted by molar-refractivity contribution is -0.136. The lowest BCUT2D eigenvalue weighted by Crippen LogP contribution is -2.16. The number of carboxylic acids is 1. The largest absolute Gasteiger partial charge is 0.481 e. The molecule has 0 aliphatic heterocycles. The third-order valence-corrected chi connectivity index (χ3v) is 2.75. The molecule has 0 aromatic rings. The molecule has 0 spiro atoms. The molecule has 0 amide bonds. The quantitative estimate of drug-likeness (QED) is 0.685. The van der Waals surface area contributed by atoms with Crippen LogP contribution in [0.15, 0.2) is 23.3 Å². The second-order valence-electron chi connectivity index (χ2n) is 4.54. The van der Waals surface area contributed by atoms with E-state index >= 15 is 0 Å². The smallest absolute Gasteiger partial charge is 0.307 e. The minimum atomic E-state index is -0.750. The standard InChI is InChI=1S/C12H18O2/c1-9-4-5-10(6-7-11(13)14)12(2,3)8-9/h6,8H,4-5,7H2,1-3H3,(H,13,14)/b10-6+. The highest BCUT2D eigenvalue weighted by Gasteiger charge is 2.24. The van der Waals surface area contributed by atoms with Crippen molar-refractivity contribution in [3.05, 3.63) is 23.3 Å². The van der Waals surface area contributed by atoms with E-state index in [4.69, 9.17) is 5.11 Å². The molecular weight excluding hydrogens is 176 g/mol. The third-order valence-electron chi connectivity index (χ3n) is 2.75. The zero-order chi connectivity index (χ0) is 10.8. The van der Waals surface area contributed by atoms with Gasteiger partial charge >= 0.3 is 5.97 Å². The Kier molecular flexibility index (Phi) is 3.14. The molecule has 0 heterocycles. The van der Waals surface area contributed by atoms with Gasteiger partial charge in [-0.05, 0) is 19.8 Å². The van der Waals surface area contributed by atoms with E-state index in [-0.39, 0.29) is 11.8 Å². The number of hydrogen-bond acceptors (Lipinski definition) is 1. The number of allylic oxidation sites excluding steroid dienone is 3. The molecule has 78 valence electrons. The van der Waals surface area contributed by atoms with Gasteiger partial charge in [-0.2, -0.15) is 0 Å². The van der Waals surface area contributed by atoms with Gasteiger partial charge in [-0.15, -0.1) is 0 Å². The molecule has 0 radical (unpaired) electrons. The maximum atomic E-state index is 10.5. The molecule has 0 atom stereocenters. The van der Waals surface area contributed by atoms with Gasteiger partial charge in [0.25, 0.3) is 0 Å². The van der Waals surface area contributed by atoms with Gasteiger partial charge in [0.15, 0.2) is 0 Å². The monoisotopic (exact) mass is 194 g/mol. The minimum Gasteiger partial charge on any atom is -0.481 e. The van der Waals surface area contributed by atoms with Crippen LogP contribution >= 0.6 is 0 Å². The van der Waals surface area contributed by atoms with Gasteiger partial charge in [-0.3, -0.25) is 4.79 Å². The van der Waals surface area contributed by atoms with Crippen LogP contribution in [0.3, 0.4) is 0 Å². The van der Waals surface area contributed by atoms with Crippen molar-refractivity contribution in [3.63, 3.8) is 0 Å². The molecular formula is C12H18O2. The Hall–Kier alpha value is -1.05. The van der Waals surface area contributed by atoms with Crippen LogP contribution < -0.4 is 0 Å². The molecule has 1 aliphatic carbocycles. The van der Waals surface area contributed by atoms with Gasteiger partial charge in [-0.25, -0.2) is 0 Å². The maximum absolute atomic E-state index is 10.5. The summed E-state index contributed by atoms with van der Waals surface area (Å²) < 4.78 is 0. The average Bonchev–Trinajstić information content (AvgIpc) is 2.00. The van der Waals surface area contributed by atoms with Crippen LogP contribution in [0, 0.1) is 5.41 Å². The number of carbonyl (C=O) groups is 1. The lowest BCUT2D eigenvalue weighted by atomic mass is 9.75. The lowest BCUT2D eigenvalue weighted by Gasteiger charge is -2.30. The minimum absolute atomic E-state index is 0.0395. The van der Waals surface area contributed by atoms with E-state index in [0.29, 0.717) is 0 Å². The second-order valence-corrected chi connectivity index (χ2v) is 4.54. The summed E-state index contributed by atoms with van der Waals surface area (Å²) in [6.45, 7) is 6.42. The maximum Gasteiger partial charge on any atom is 0.307 e. The predicted molar refractivity (Wildman–Crippen MR) is 57.1 cm³/mol. The van der Waals surface area contributed by atoms with Crippen molar-refractivity contribution in [3.8, 4) is 0 Å². The Bertz CT molecular complexity index is 295. The van der Waals surface area contributed by atoms with Crippen molar-refractivity contribution in [1.82, 2.24) is 0 Å². The molecule has 2 heteroatoms. The summed E-state index contributed by atoms with van der Waals surface area (Å²) in [6, 6.07) is 0. The summed E-state index contributed by atoms with van der Waals surface area (Å²) in [4.78, 5) is 10.5. The van der Waals surface area contributed by atoms with Gasteiger partial charge < -0.3 is 5.11 Å². The molecule has 0 aromatic heterocycles.